The number of allylic oxidation sites excluding steroid dienone is 3. The van der Waals surface area contributed by atoms with Gasteiger partial charge in [0.15, 0.2) is 5.78 Å². The molecule has 1 amide bonds. The molecule has 1 aliphatic carbocycles. The summed E-state index contributed by atoms with van der Waals surface area (Å²) in [5.74, 6) is -2.56. The zero-order valence-corrected chi connectivity index (χ0v) is 16.0. The molecular formula is C21H18F2N2O2S. The molecule has 7 heteroatoms. The molecule has 144 valence electrons. The van der Waals surface area contributed by atoms with Crippen molar-refractivity contribution >= 4 is 28.7 Å². The number of hydrogen-bond donors (Lipinski definition) is 2. The predicted octanol–water partition coefficient (Wildman–Crippen LogP) is 4.63. The lowest BCUT2D eigenvalue weighted by atomic mass is 9.75. The molecule has 2 aliphatic rings. The lowest BCUT2D eigenvalue weighted by Gasteiger charge is -2.34. The van der Waals surface area contributed by atoms with Gasteiger partial charge in [0.2, 0.25) is 0 Å². The average Bonchev–Trinajstić information content (AvgIpc) is 3.17. The second-order valence-electron chi connectivity index (χ2n) is 6.90. The van der Waals surface area contributed by atoms with Crippen LogP contribution in [0.2, 0.25) is 0 Å². The Kier molecular flexibility index (Phi) is 4.85. The Morgan fingerprint density at radius 2 is 2.07 bits per heavy atom. The van der Waals surface area contributed by atoms with Crippen LogP contribution in [0.3, 0.4) is 0 Å². The number of halogens is 2. The molecule has 1 atom stereocenters. The molecule has 2 aromatic rings. The number of Topliss-reactive ketones (excluding diaryl/α,β-unsaturated/α-hetero) is 1. The van der Waals surface area contributed by atoms with E-state index in [0.717, 1.165) is 36.2 Å². The largest absolute Gasteiger partial charge is 0.362 e. The fourth-order valence-corrected chi connectivity index (χ4v) is 4.52. The van der Waals surface area contributed by atoms with Crippen molar-refractivity contribution in [3.63, 3.8) is 0 Å². The maximum absolute atomic E-state index is 14.0. The molecule has 1 aromatic heterocycles. The van der Waals surface area contributed by atoms with Crippen molar-refractivity contribution in [2.24, 2.45) is 0 Å². The lowest BCUT2D eigenvalue weighted by molar-refractivity contribution is -0.116. The SMILES string of the molecule is CC1=C(C(=O)Nc2ccc(F)cc2F)C(c2ccsc2)C2=C(CCCC2=O)N1. The molecule has 0 bridgehead atoms. The Morgan fingerprint density at radius 1 is 1.25 bits per heavy atom. The highest BCUT2D eigenvalue weighted by Crippen LogP contribution is 2.43. The van der Waals surface area contributed by atoms with Gasteiger partial charge in [-0.25, -0.2) is 8.78 Å². The van der Waals surface area contributed by atoms with Gasteiger partial charge in [0.1, 0.15) is 11.6 Å². The van der Waals surface area contributed by atoms with Crippen LogP contribution in [0.25, 0.3) is 0 Å². The van der Waals surface area contributed by atoms with Gasteiger partial charge in [-0.05, 0) is 54.3 Å². The van der Waals surface area contributed by atoms with Crippen LogP contribution in [0.4, 0.5) is 14.5 Å². The minimum atomic E-state index is -0.851. The van der Waals surface area contributed by atoms with E-state index in [1.807, 2.05) is 16.8 Å². The minimum Gasteiger partial charge on any atom is -0.362 e. The van der Waals surface area contributed by atoms with E-state index in [0.29, 0.717) is 23.3 Å². The van der Waals surface area contributed by atoms with Crippen molar-refractivity contribution in [1.29, 1.82) is 0 Å². The first-order valence-electron chi connectivity index (χ1n) is 8.98. The first-order valence-corrected chi connectivity index (χ1v) is 9.92. The van der Waals surface area contributed by atoms with Crippen LogP contribution in [0.15, 0.2) is 57.6 Å². The topological polar surface area (TPSA) is 58.2 Å². The van der Waals surface area contributed by atoms with Gasteiger partial charge >= 0.3 is 0 Å². The fraction of sp³-hybridized carbons (Fsp3) is 0.238. The monoisotopic (exact) mass is 400 g/mol. The van der Waals surface area contributed by atoms with Crippen molar-refractivity contribution in [1.82, 2.24) is 5.32 Å². The van der Waals surface area contributed by atoms with Crippen molar-refractivity contribution in [3.8, 4) is 0 Å². The second-order valence-corrected chi connectivity index (χ2v) is 7.68. The third-order valence-corrected chi connectivity index (χ3v) is 5.78. The number of carbonyl (C=O) groups excluding carboxylic acids is 2. The highest BCUT2D eigenvalue weighted by atomic mass is 32.1. The summed E-state index contributed by atoms with van der Waals surface area (Å²) in [6.07, 6.45) is 1.97. The number of thiophene rings is 1. The van der Waals surface area contributed by atoms with Gasteiger partial charge in [0.25, 0.3) is 5.91 Å². The standard InChI is InChI=1S/C21H18F2N2O2S/c1-11-18(21(27)25-15-6-5-13(22)9-14(15)23)19(12-7-8-28-10-12)20-16(24-11)3-2-4-17(20)26/h5-10,19,24H,2-4H2,1H3,(H,25,27). The van der Waals surface area contributed by atoms with Crippen LogP contribution < -0.4 is 10.6 Å². The highest BCUT2D eigenvalue weighted by Gasteiger charge is 2.38. The van der Waals surface area contributed by atoms with Crippen LogP contribution in [0, 0.1) is 11.6 Å². The number of benzene rings is 1. The van der Waals surface area contributed by atoms with Crippen molar-refractivity contribution in [2.45, 2.75) is 32.1 Å². The van der Waals surface area contributed by atoms with E-state index in [4.69, 9.17) is 0 Å². The van der Waals surface area contributed by atoms with E-state index >= 15 is 0 Å². The summed E-state index contributed by atoms with van der Waals surface area (Å²) in [7, 11) is 0. The molecular weight excluding hydrogens is 382 g/mol. The Labute approximate surface area is 165 Å². The molecule has 0 saturated carbocycles. The van der Waals surface area contributed by atoms with E-state index in [-0.39, 0.29) is 11.5 Å². The highest BCUT2D eigenvalue weighted by molar-refractivity contribution is 7.08. The molecule has 1 aromatic carbocycles. The summed E-state index contributed by atoms with van der Waals surface area (Å²) in [4.78, 5) is 25.8. The molecule has 0 saturated heterocycles. The van der Waals surface area contributed by atoms with Crippen LogP contribution >= 0.6 is 11.3 Å². The summed E-state index contributed by atoms with van der Waals surface area (Å²) in [5.41, 5.74) is 3.22. The molecule has 2 N–H and O–H groups in total. The number of amides is 1. The molecule has 1 aliphatic heterocycles. The number of hydrogen-bond acceptors (Lipinski definition) is 4. The Balaban J connectivity index is 1.75. The van der Waals surface area contributed by atoms with E-state index in [1.54, 1.807) is 6.92 Å². The van der Waals surface area contributed by atoms with Gasteiger partial charge in [-0.2, -0.15) is 11.3 Å². The van der Waals surface area contributed by atoms with Gasteiger partial charge in [0.05, 0.1) is 5.69 Å². The zero-order chi connectivity index (χ0) is 19.8. The van der Waals surface area contributed by atoms with Gasteiger partial charge in [-0.15, -0.1) is 0 Å². The number of anilines is 1. The summed E-state index contributed by atoms with van der Waals surface area (Å²) < 4.78 is 27.2. The predicted molar refractivity (Wildman–Crippen MR) is 104 cm³/mol. The smallest absolute Gasteiger partial charge is 0.254 e. The number of ketones is 1. The Hall–Kier alpha value is -2.80. The third kappa shape index (κ3) is 3.26. The summed E-state index contributed by atoms with van der Waals surface area (Å²) in [6, 6.07) is 4.88. The normalized spacial score (nSPS) is 19.4. The molecule has 1 unspecified atom stereocenters. The maximum atomic E-state index is 14.0. The van der Waals surface area contributed by atoms with Crippen molar-refractivity contribution in [2.75, 3.05) is 5.32 Å². The van der Waals surface area contributed by atoms with E-state index < -0.39 is 23.5 Å². The first-order chi connectivity index (χ1) is 13.5. The first kappa shape index (κ1) is 18.6. The van der Waals surface area contributed by atoms with Gasteiger partial charge in [0, 0.05) is 40.9 Å². The third-order valence-electron chi connectivity index (χ3n) is 5.08. The molecule has 28 heavy (non-hydrogen) atoms. The van der Waals surface area contributed by atoms with Crippen LogP contribution in [-0.2, 0) is 9.59 Å². The van der Waals surface area contributed by atoms with Gasteiger partial charge in [-0.3, -0.25) is 9.59 Å². The van der Waals surface area contributed by atoms with Crippen molar-refractivity contribution < 1.29 is 18.4 Å². The quantitative estimate of drug-likeness (QED) is 0.790. The van der Waals surface area contributed by atoms with Gasteiger partial charge in [-0.1, -0.05) is 0 Å². The zero-order valence-electron chi connectivity index (χ0n) is 15.1. The Morgan fingerprint density at radius 3 is 2.79 bits per heavy atom. The summed E-state index contributed by atoms with van der Waals surface area (Å²) >= 11 is 1.49. The van der Waals surface area contributed by atoms with Crippen LogP contribution in [0.1, 0.15) is 37.7 Å². The van der Waals surface area contributed by atoms with Gasteiger partial charge < -0.3 is 10.6 Å². The number of carbonyl (C=O) groups is 2. The van der Waals surface area contributed by atoms with E-state index in [2.05, 4.69) is 10.6 Å². The number of nitrogens with one attached hydrogen (secondary N) is 2. The second kappa shape index (κ2) is 7.31. The summed E-state index contributed by atoms with van der Waals surface area (Å²) in [6.45, 7) is 1.78. The number of dihydropyridines is 1. The fourth-order valence-electron chi connectivity index (χ4n) is 3.84. The Bertz CT molecular complexity index is 1030. The van der Waals surface area contributed by atoms with Crippen LogP contribution in [0.5, 0.6) is 0 Å². The molecule has 4 rings (SSSR count). The van der Waals surface area contributed by atoms with Crippen LogP contribution in [-0.4, -0.2) is 11.7 Å². The molecule has 0 spiro atoms. The lowest BCUT2D eigenvalue weighted by Crippen LogP contribution is -2.35. The molecule has 4 nitrogen and oxygen atoms in total. The minimum absolute atomic E-state index is 0.0238. The molecule has 0 fully saturated rings. The maximum Gasteiger partial charge on any atom is 0.254 e. The van der Waals surface area contributed by atoms with Crippen molar-refractivity contribution in [3.05, 3.63) is 74.8 Å². The van der Waals surface area contributed by atoms with E-state index in [1.165, 1.54) is 17.4 Å². The summed E-state index contributed by atoms with van der Waals surface area (Å²) in [5, 5.41) is 9.56. The molecule has 2 heterocycles. The number of rotatable bonds is 3. The average molecular weight is 400 g/mol. The molecule has 0 radical (unpaired) electrons. The van der Waals surface area contributed by atoms with E-state index in [9.17, 15) is 18.4 Å².